The van der Waals surface area contributed by atoms with Gasteiger partial charge < -0.3 is 9.52 Å². The van der Waals surface area contributed by atoms with Crippen molar-refractivity contribution in [1.29, 1.82) is 0 Å². The van der Waals surface area contributed by atoms with Crippen molar-refractivity contribution in [3.63, 3.8) is 0 Å². The van der Waals surface area contributed by atoms with Crippen LogP contribution >= 0.6 is 0 Å². The molecule has 0 radical (unpaired) electrons. The number of phenols is 1. The number of furan rings is 1. The number of nitrogens with zero attached hydrogens (tertiary/aromatic N) is 1. The third-order valence-corrected chi connectivity index (χ3v) is 2.81. The van der Waals surface area contributed by atoms with E-state index in [2.05, 4.69) is 10.5 Å². The molecule has 2 aromatic rings. The van der Waals surface area contributed by atoms with E-state index in [-0.39, 0.29) is 11.5 Å². The van der Waals surface area contributed by atoms with Crippen molar-refractivity contribution in [2.45, 2.75) is 20.3 Å². The van der Waals surface area contributed by atoms with Crippen LogP contribution in [0.25, 0.3) is 0 Å². The number of carbonyl (C=O) groups is 1. The Kier molecular flexibility index (Phi) is 4.20. The van der Waals surface area contributed by atoms with Gasteiger partial charge in [0.15, 0.2) is 5.76 Å². The third-order valence-electron chi connectivity index (χ3n) is 2.81. The fourth-order valence-electron chi connectivity index (χ4n) is 1.78. The number of hydrazone groups is 1. The second-order valence-corrected chi connectivity index (χ2v) is 4.28. The van der Waals surface area contributed by atoms with Crippen LogP contribution in [0.15, 0.2) is 45.9 Å². The van der Waals surface area contributed by atoms with Gasteiger partial charge in [-0.3, -0.25) is 4.79 Å². The first kappa shape index (κ1) is 13.9. The number of amides is 1. The Balaban J connectivity index is 2.16. The molecule has 1 heterocycles. The lowest BCUT2D eigenvalue weighted by Gasteiger charge is -2.06. The molecule has 5 heteroatoms. The molecular formula is C15H16N2O3. The van der Waals surface area contributed by atoms with Crippen LogP contribution in [0.1, 0.15) is 35.2 Å². The predicted molar refractivity (Wildman–Crippen MR) is 75.8 cm³/mol. The molecule has 20 heavy (non-hydrogen) atoms. The van der Waals surface area contributed by atoms with Crippen molar-refractivity contribution in [2.24, 2.45) is 5.10 Å². The summed E-state index contributed by atoms with van der Waals surface area (Å²) in [5, 5.41) is 13.8. The lowest BCUT2D eigenvalue weighted by atomic mass is 10.1. The van der Waals surface area contributed by atoms with Crippen LogP contribution in [-0.2, 0) is 0 Å². The van der Waals surface area contributed by atoms with Crippen LogP contribution in [0.2, 0.25) is 0 Å². The molecule has 0 saturated carbocycles. The summed E-state index contributed by atoms with van der Waals surface area (Å²) in [7, 11) is 0. The Hall–Kier alpha value is -2.56. The van der Waals surface area contributed by atoms with Crippen LogP contribution in [0, 0.1) is 6.92 Å². The smallest absolute Gasteiger partial charge is 0.307 e. The minimum Gasteiger partial charge on any atom is -0.507 e. The van der Waals surface area contributed by atoms with Crippen LogP contribution in [0.5, 0.6) is 5.75 Å². The van der Waals surface area contributed by atoms with E-state index in [0.29, 0.717) is 23.5 Å². The molecule has 0 fully saturated rings. The number of hydrogen-bond donors (Lipinski definition) is 2. The fourth-order valence-corrected chi connectivity index (χ4v) is 1.78. The molecule has 1 aromatic carbocycles. The summed E-state index contributed by atoms with van der Waals surface area (Å²) in [6.07, 6.45) is 0.578. The van der Waals surface area contributed by atoms with E-state index >= 15 is 0 Å². The topological polar surface area (TPSA) is 74.8 Å². The van der Waals surface area contributed by atoms with Crippen LogP contribution < -0.4 is 5.43 Å². The lowest BCUT2D eigenvalue weighted by molar-refractivity contribution is 0.0926. The van der Waals surface area contributed by atoms with Crippen molar-refractivity contribution >= 4 is 11.6 Å². The van der Waals surface area contributed by atoms with Gasteiger partial charge in [0.05, 0.1) is 5.71 Å². The Bertz CT molecular complexity index is 644. The van der Waals surface area contributed by atoms with E-state index < -0.39 is 5.91 Å². The molecule has 1 amide bonds. The van der Waals surface area contributed by atoms with Gasteiger partial charge in [-0.15, -0.1) is 0 Å². The van der Waals surface area contributed by atoms with Gasteiger partial charge >= 0.3 is 5.91 Å². The van der Waals surface area contributed by atoms with Crippen molar-refractivity contribution < 1.29 is 14.3 Å². The van der Waals surface area contributed by atoms with Gasteiger partial charge in [-0.05, 0) is 37.6 Å². The van der Waals surface area contributed by atoms with Gasteiger partial charge in [0, 0.05) is 5.56 Å². The molecule has 5 nitrogen and oxygen atoms in total. The molecule has 0 aliphatic rings. The van der Waals surface area contributed by atoms with Crippen LogP contribution in [0.4, 0.5) is 0 Å². The van der Waals surface area contributed by atoms with E-state index in [1.165, 1.54) is 0 Å². The summed E-state index contributed by atoms with van der Waals surface area (Å²) in [5.41, 5.74) is 3.63. The second kappa shape index (κ2) is 6.06. The van der Waals surface area contributed by atoms with E-state index in [9.17, 15) is 9.90 Å². The number of para-hydroxylation sites is 1. The molecule has 0 bridgehead atoms. The fraction of sp³-hybridized carbons (Fsp3) is 0.200. The molecule has 0 spiro atoms. The summed E-state index contributed by atoms with van der Waals surface area (Å²) in [6, 6.07) is 10.2. The average Bonchev–Trinajstić information content (AvgIpc) is 2.88. The number of benzene rings is 1. The van der Waals surface area contributed by atoms with Crippen molar-refractivity contribution in [1.82, 2.24) is 5.43 Å². The van der Waals surface area contributed by atoms with Crippen molar-refractivity contribution in [2.75, 3.05) is 0 Å². The highest BCUT2D eigenvalue weighted by Gasteiger charge is 2.11. The molecule has 2 N–H and O–H groups in total. The SMILES string of the molecule is CC/C(=N/NC(=O)c1ccc(C)o1)c1ccccc1O. The predicted octanol–water partition coefficient (Wildman–Crippen LogP) is 2.84. The lowest BCUT2D eigenvalue weighted by Crippen LogP contribution is -2.19. The first-order chi connectivity index (χ1) is 9.61. The number of aromatic hydroxyl groups is 1. The van der Waals surface area contributed by atoms with Gasteiger partial charge in [0.1, 0.15) is 11.5 Å². The maximum Gasteiger partial charge on any atom is 0.307 e. The Morgan fingerprint density at radius 2 is 2.05 bits per heavy atom. The van der Waals surface area contributed by atoms with E-state index in [4.69, 9.17) is 4.42 Å². The first-order valence-corrected chi connectivity index (χ1v) is 6.33. The van der Waals surface area contributed by atoms with E-state index in [1.807, 2.05) is 6.92 Å². The van der Waals surface area contributed by atoms with Gasteiger partial charge in [0.25, 0.3) is 0 Å². The minimum atomic E-state index is -0.417. The summed E-state index contributed by atoms with van der Waals surface area (Å²) in [4.78, 5) is 11.8. The molecular weight excluding hydrogens is 256 g/mol. The van der Waals surface area contributed by atoms with Crippen molar-refractivity contribution in [3.8, 4) is 5.75 Å². The molecule has 0 saturated heterocycles. The standard InChI is InChI=1S/C15H16N2O3/c1-3-12(11-6-4-5-7-13(11)18)16-17-15(19)14-9-8-10(2)20-14/h4-9,18H,3H2,1-2H3,(H,17,19)/b16-12-. The first-order valence-electron chi connectivity index (χ1n) is 6.33. The number of hydrogen-bond acceptors (Lipinski definition) is 4. The van der Waals surface area contributed by atoms with Crippen LogP contribution in [-0.4, -0.2) is 16.7 Å². The van der Waals surface area contributed by atoms with Gasteiger partial charge in [0.2, 0.25) is 0 Å². The van der Waals surface area contributed by atoms with Gasteiger partial charge in [-0.1, -0.05) is 19.1 Å². The average molecular weight is 272 g/mol. The quantitative estimate of drug-likeness (QED) is 0.664. The molecule has 0 unspecified atom stereocenters. The highest BCUT2D eigenvalue weighted by Crippen LogP contribution is 2.17. The number of aryl methyl sites for hydroxylation is 1. The van der Waals surface area contributed by atoms with E-state index in [0.717, 1.165) is 0 Å². The molecule has 0 aliphatic carbocycles. The normalized spacial score (nSPS) is 11.4. The van der Waals surface area contributed by atoms with E-state index in [1.54, 1.807) is 43.3 Å². The largest absolute Gasteiger partial charge is 0.507 e. The zero-order chi connectivity index (χ0) is 14.5. The van der Waals surface area contributed by atoms with Crippen molar-refractivity contribution in [3.05, 3.63) is 53.5 Å². The Morgan fingerprint density at radius 1 is 1.30 bits per heavy atom. The van der Waals surface area contributed by atoms with Gasteiger partial charge in [-0.25, -0.2) is 5.43 Å². The number of phenolic OH excluding ortho intramolecular Hbond substituents is 1. The van der Waals surface area contributed by atoms with Gasteiger partial charge in [-0.2, -0.15) is 5.10 Å². The zero-order valence-corrected chi connectivity index (χ0v) is 11.4. The Labute approximate surface area is 116 Å². The summed E-state index contributed by atoms with van der Waals surface area (Å²) in [6.45, 7) is 3.66. The van der Waals surface area contributed by atoms with Crippen LogP contribution in [0.3, 0.4) is 0 Å². The second-order valence-electron chi connectivity index (χ2n) is 4.28. The summed E-state index contributed by atoms with van der Waals surface area (Å²) in [5.74, 6) is 0.588. The maximum atomic E-state index is 11.8. The highest BCUT2D eigenvalue weighted by atomic mass is 16.3. The monoisotopic (exact) mass is 272 g/mol. The molecule has 0 atom stereocenters. The summed E-state index contributed by atoms with van der Waals surface area (Å²) < 4.78 is 5.21. The number of rotatable bonds is 4. The minimum absolute atomic E-state index is 0.135. The highest BCUT2D eigenvalue weighted by molar-refractivity contribution is 6.03. The molecule has 2 rings (SSSR count). The maximum absolute atomic E-state index is 11.8. The molecule has 0 aliphatic heterocycles. The zero-order valence-electron chi connectivity index (χ0n) is 11.4. The molecule has 1 aromatic heterocycles. The summed E-state index contributed by atoms with van der Waals surface area (Å²) >= 11 is 0. The number of nitrogens with one attached hydrogen (secondary N) is 1. The third kappa shape index (κ3) is 3.06. The number of carbonyl (C=O) groups excluding carboxylic acids is 1. The molecule has 104 valence electrons. The Morgan fingerprint density at radius 3 is 2.65 bits per heavy atom.